The Bertz CT molecular complexity index is 277. The van der Waals surface area contributed by atoms with E-state index in [4.69, 9.17) is 4.42 Å². The lowest BCUT2D eigenvalue weighted by Crippen LogP contribution is -2.26. The molecule has 1 aromatic rings. The molecule has 1 unspecified atom stereocenters. The Morgan fingerprint density at radius 1 is 1.60 bits per heavy atom. The van der Waals surface area contributed by atoms with Crippen LogP contribution in [0.25, 0.3) is 0 Å². The van der Waals surface area contributed by atoms with E-state index < -0.39 is 0 Å². The molecule has 1 atom stereocenters. The van der Waals surface area contributed by atoms with E-state index in [2.05, 4.69) is 18.8 Å². The fourth-order valence-electron chi connectivity index (χ4n) is 1.61. The summed E-state index contributed by atoms with van der Waals surface area (Å²) >= 11 is 0. The van der Waals surface area contributed by atoms with Gasteiger partial charge in [0.15, 0.2) is 0 Å². The standard InChI is InChI=1S/C13H21NO/c1-4-11(2)10-12(14-3)7-8-13-6-5-9-15-13/h5-6,9,12,14H,2,4,7-8,10H2,1,3H3. The number of nitrogens with one attached hydrogen (secondary N) is 1. The largest absolute Gasteiger partial charge is 0.469 e. The summed E-state index contributed by atoms with van der Waals surface area (Å²) < 4.78 is 5.31. The van der Waals surface area contributed by atoms with Gasteiger partial charge in [-0.2, -0.15) is 0 Å². The number of hydrogen-bond donors (Lipinski definition) is 1. The Morgan fingerprint density at radius 2 is 2.40 bits per heavy atom. The van der Waals surface area contributed by atoms with E-state index in [-0.39, 0.29) is 0 Å². The molecule has 0 fully saturated rings. The van der Waals surface area contributed by atoms with Gasteiger partial charge in [-0.3, -0.25) is 0 Å². The first kappa shape index (κ1) is 12.1. The quantitative estimate of drug-likeness (QED) is 0.695. The van der Waals surface area contributed by atoms with Crippen LogP contribution in [0.15, 0.2) is 35.0 Å². The molecule has 0 radical (unpaired) electrons. The number of rotatable bonds is 7. The predicted octanol–water partition coefficient (Wildman–Crippen LogP) is 3.16. The summed E-state index contributed by atoms with van der Waals surface area (Å²) in [6, 6.07) is 4.48. The van der Waals surface area contributed by atoms with Crippen molar-refractivity contribution in [1.82, 2.24) is 5.32 Å². The molecule has 0 saturated heterocycles. The van der Waals surface area contributed by atoms with Crippen LogP contribution in [0.3, 0.4) is 0 Å². The van der Waals surface area contributed by atoms with E-state index >= 15 is 0 Å². The second kappa shape index (κ2) is 6.46. The van der Waals surface area contributed by atoms with Gasteiger partial charge in [0.1, 0.15) is 5.76 Å². The van der Waals surface area contributed by atoms with Crippen LogP contribution < -0.4 is 5.32 Å². The summed E-state index contributed by atoms with van der Waals surface area (Å²) in [4.78, 5) is 0. The third-order valence-electron chi connectivity index (χ3n) is 2.76. The van der Waals surface area contributed by atoms with Gasteiger partial charge in [-0.05, 0) is 38.4 Å². The Kier molecular flexibility index (Phi) is 5.19. The van der Waals surface area contributed by atoms with Gasteiger partial charge in [0.25, 0.3) is 0 Å². The van der Waals surface area contributed by atoms with Gasteiger partial charge in [-0.15, -0.1) is 0 Å². The van der Waals surface area contributed by atoms with Crippen LogP contribution in [-0.4, -0.2) is 13.1 Å². The van der Waals surface area contributed by atoms with Crippen molar-refractivity contribution < 1.29 is 4.42 Å². The number of aryl methyl sites for hydroxylation is 1. The maximum atomic E-state index is 5.31. The summed E-state index contributed by atoms with van der Waals surface area (Å²) in [6.07, 6.45) is 5.96. The highest BCUT2D eigenvalue weighted by atomic mass is 16.3. The Morgan fingerprint density at radius 3 is 2.93 bits per heavy atom. The van der Waals surface area contributed by atoms with Gasteiger partial charge in [0, 0.05) is 12.5 Å². The van der Waals surface area contributed by atoms with E-state index in [0.717, 1.165) is 31.4 Å². The fourth-order valence-corrected chi connectivity index (χ4v) is 1.61. The van der Waals surface area contributed by atoms with Crippen LogP contribution >= 0.6 is 0 Å². The molecule has 1 rings (SSSR count). The van der Waals surface area contributed by atoms with Crippen molar-refractivity contribution in [1.29, 1.82) is 0 Å². The van der Waals surface area contributed by atoms with Crippen molar-refractivity contribution in [3.8, 4) is 0 Å². The van der Waals surface area contributed by atoms with E-state index in [1.54, 1.807) is 6.26 Å². The van der Waals surface area contributed by atoms with E-state index in [9.17, 15) is 0 Å². The Labute approximate surface area is 92.4 Å². The highest BCUT2D eigenvalue weighted by Gasteiger charge is 2.08. The minimum absolute atomic E-state index is 0.516. The van der Waals surface area contributed by atoms with Gasteiger partial charge in [-0.1, -0.05) is 19.1 Å². The average molecular weight is 207 g/mol. The molecule has 0 saturated carbocycles. The normalized spacial score (nSPS) is 12.7. The highest BCUT2D eigenvalue weighted by molar-refractivity contribution is 5.00. The minimum Gasteiger partial charge on any atom is -0.469 e. The lowest BCUT2D eigenvalue weighted by Gasteiger charge is -2.16. The molecule has 0 aliphatic carbocycles. The third kappa shape index (κ3) is 4.34. The van der Waals surface area contributed by atoms with Gasteiger partial charge in [0.2, 0.25) is 0 Å². The highest BCUT2D eigenvalue weighted by Crippen LogP contribution is 2.12. The lowest BCUT2D eigenvalue weighted by molar-refractivity contribution is 0.458. The molecule has 0 bridgehead atoms. The average Bonchev–Trinajstić information content (AvgIpc) is 2.76. The van der Waals surface area contributed by atoms with Gasteiger partial charge in [-0.25, -0.2) is 0 Å². The number of hydrogen-bond acceptors (Lipinski definition) is 2. The molecule has 0 spiro atoms. The smallest absolute Gasteiger partial charge is 0.103 e. The lowest BCUT2D eigenvalue weighted by atomic mass is 10.0. The summed E-state index contributed by atoms with van der Waals surface area (Å²) in [7, 11) is 2.01. The Balaban J connectivity index is 2.31. The molecule has 0 amide bonds. The second-order valence-electron chi connectivity index (χ2n) is 3.91. The second-order valence-corrected chi connectivity index (χ2v) is 3.91. The number of furan rings is 1. The summed E-state index contributed by atoms with van der Waals surface area (Å²) in [5, 5.41) is 3.33. The molecule has 1 N–H and O–H groups in total. The maximum Gasteiger partial charge on any atom is 0.103 e. The molecule has 84 valence electrons. The molecule has 15 heavy (non-hydrogen) atoms. The summed E-state index contributed by atoms with van der Waals surface area (Å²) in [5.74, 6) is 1.07. The van der Waals surface area contributed by atoms with Gasteiger partial charge < -0.3 is 9.73 Å². The molecule has 1 heterocycles. The fraction of sp³-hybridized carbons (Fsp3) is 0.538. The zero-order valence-corrected chi connectivity index (χ0v) is 9.75. The molecular weight excluding hydrogens is 186 g/mol. The summed E-state index contributed by atoms with van der Waals surface area (Å²) in [6.45, 7) is 6.20. The van der Waals surface area contributed by atoms with Crippen molar-refractivity contribution in [2.24, 2.45) is 0 Å². The molecule has 2 heteroatoms. The van der Waals surface area contributed by atoms with Crippen molar-refractivity contribution in [3.63, 3.8) is 0 Å². The van der Waals surface area contributed by atoms with Crippen LogP contribution in [0.5, 0.6) is 0 Å². The molecule has 2 nitrogen and oxygen atoms in total. The topological polar surface area (TPSA) is 25.2 Å². The Hall–Kier alpha value is -1.02. The predicted molar refractivity (Wildman–Crippen MR) is 63.9 cm³/mol. The molecule has 1 aromatic heterocycles. The van der Waals surface area contributed by atoms with Crippen LogP contribution in [0.4, 0.5) is 0 Å². The third-order valence-corrected chi connectivity index (χ3v) is 2.76. The van der Waals surface area contributed by atoms with Crippen LogP contribution in [-0.2, 0) is 6.42 Å². The first-order chi connectivity index (χ1) is 7.26. The van der Waals surface area contributed by atoms with Gasteiger partial charge >= 0.3 is 0 Å². The van der Waals surface area contributed by atoms with Crippen molar-refractivity contribution in [3.05, 3.63) is 36.3 Å². The molecule has 0 aliphatic rings. The van der Waals surface area contributed by atoms with Crippen LogP contribution in [0.2, 0.25) is 0 Å². The first-order valence-corrected chi connectivity index (χ1v) is 5.62. The van der Waals surface area contributed by atoms with E-state index in [1.807, 2.05) is 19.2 Å². The van der Waals surface area contributed by atoms with E-state index in [1.165, 1.54) is 5.57 Å². The molecular formula is C13H21NO. The van der Waals surface area contributed by atoms with Crippen molar-refractivity contribution in [2.75, 3.05) is 7.05 Å². The monoisotopic (exact) mass is 207 g/mol. The van der Waals surface area contributed by atoms with Crippen molar-refractivity contribution >= 4 is 0 Å². The van der Waals surface area contributed by atoms with Crippen LogP contribution in [0.1, 0.15) is 31.9 Å². The van der Waals surface area contributed by atoms with Crippen LogP contribution in [0, 0.1) is 0 Å². The van der Waals surface area contributed by atoms with E-state index in [0.29, 0.717) is 6.04 Å². The zero-order chi connectivity index (χ0) is 11.1. The SMILES string of the molecule is C=C(CC)CC(CCc1ccco1)NC. The maximum absolute atomic E-state index is 5.31. The van der Waals surface area contributed by atoms with Gasteiger partial charge in [0.05, 0.1) is 6.26 Å². The first-order valence-electron chi connectivity index (χ1n) is 5.62. The van der Waals surface area contributed by atoms with Crippen molar-refractivity contribution in [2.45, 2.75) is 38.6 Å². The summed E-state index contributed by atoms with van der Waals surface area (Å²) in [5.41, 5.74) is 1.31. The molecule has 0 aromatic carbocycles. The molecule has 0 aliphatic heterocycles. The zero-order valence-electron chi connectivity index (χ0n) is 9.75. The minimum atomic E-state index is 0.516.